The van der Waals surface area contributed by atoms with Crippen molar-refractivity contribution >= 4 is 5.91 Å². The van der Waals surface area contributed by atoms with Gasteiger partial charge in [-0.3, -0.25) is 4.79 Å². The predicted octanol–water partition coefficient (Wildman–Crippen LogP) is 8.37. The lowest BCUT2D eigenvalue weighted by Gasteiger charge is -2.26. The van der Waals surface area contributed by atoms with Gasteiger partial charge in [-0.05, 0) is 12.8 Å². The van der Waals surface area contributed by atoms with E-state index in [1.54, 1.807) is 0 Å². The molecule has 0 radical (unpaired) electrons. The topological polar surface area (TPSA) is 89.8 Å². The van der Waals surface area contributed by atoms with Crippen LogP contribution in [0.2, 0.25) is 0 Å². The van der Waals surface area contributed by atoms with Crippen LogP contribution >= 0.6 is 0 Å². The van der Waals surface area contributed by atoms with Gasteiger partial charge in [-0.2, -0.15) is 0 Å². The van der Waals surface area contributed by atoms with Gasteiger partial charge in [0.1, 0.15) is 6.10 Å². The molecule has 0 fully saturated rings. The lowest BCUT2D eigenvalue weighted by Crippen LogP contribution is -2.50. The molecule has 0 aliphatic heterocycles. The summed E-state index contributed by atoms with van der Waals surface area (Å²) in [6.07, 6.45) is 29.0. The molecule has 0 aromatic heterocycles. The molecule has 0 bridgehead atoms. The van der Waals surface area contributed by atoms with E-state index in [-0.39, 0.29) is 12.5 Å². The number of aliphatic hydroxyl groups is 3. The average Bonchev–Trinajstić information content (AvgIpc) is 2.92. The van der Waals surface area contributed by atoms with Crippen molar-refractivity contribution in [2.24, 2.45) is 0 Å². The van der Waals surface area contributed by atoms with E-state index in [1.165, 1.54) is 116 Å². The zero-order valence-corrected chi connectivity index (χ0v) is 25.6. The summed E-state index contributed by atoms with van der Waals surface area (Å²) in [4.78, 5) is 12.3. The quantitative estimate of drug-likeness (QED) is 0.0688. The molecule has 5 nitrogen and oxygen atoms in total. The Bertz CT molecular complexity index is 488. The van der Waals surface area contributed by atoms with Crippen LogP contribution in [0.25, 0.3) is 0 Å². The SMILES string of the molecule is CCCCCCCCCCCCCCCCCC(=O)NC(CO)C(O)C(O)CCCCCCCCCCC. The van der Waals surface area contributed by atoms with Crippen molar-refractivity contribution in [1.29, 1.82) is 0 Å². The zero-order chi connectivity index (χ0) is 28.1. The van der Waals surface area contributed by atoms with E-state index in [2.05, 4.69) is 19.2 Å². The molecule has 5 heteroatoms. The van der Waals surface area contributed by atoms with Crippen LogP contribution in [0.5, 0.6) is 0 Å². The third-order valence-electron chi connectivity index (χ3n) is 7.96. The summed E-state index contributed by atoms with van der Waals surface area (Å²) in [5.74, 6) is -0.145. The molecular formula is C33H67NO4. The van der Waals surface area contributed by atoms with Crippen LogP contribution in [0.1, 0.15) is 181 Å². The van der Waals surface area contributed by atoms with Crippen LogP contribution in [-0.4, -0.2) is 46.1 Å². The highest BCUT2D eigenvalue weighted by Crippen LogP contribution is 2.15. The Labute approximate surface area is 237 Å². The van der Waals surface area contributed by atoms with Crippen molar-refractivity contribution < 1.29 is 20.1 Å². The molecule has 0 spiro atoms. The maximum atomic E-state index is 12.3. The van der Waals surface area contributed by atoms with Crippen LogP contribution < -0.4 is 5.32 Å². The first-order valence-corrected chi connectivity index (χ1v) is 16.8. The van der Waals surface area contributed by atoms with E-state index in [1.807, 2.05) is 0 Å². The summed E-state index contributed by atoms with van der Waals surface area (Å²) in [6.45, 7) is 4.14. The third-order valence-corrected chi connectivity index (χ3v) is 7.96. The van der Waals surface area contributed by atoms with Crippen molar-refractivity contribution in [1.82, 2.24) is 5.32 Å². The number of unbranched alkanes of at least 4 members (excludes halogenated alkanes) is 22. The van der Waals surface area contributed by atoms with Gasteiger partial charge in [0.25, 0.3) is 0 Å². The largest absolute Gasteiger partial charge is 0.394 e. The Morgan fingerprint density at radius 2 is 0.895 bits per heavy atom. The van der Waals surface area contributed by atoms with Gasteiger partial charge < -0.3 is 20.6 Å². The van der Waals surface area contributed by atoms with Gasteiger partial charge in [-0.15, -0.1) is 0 Å². The van der Waals surface area contributed by atoms with Crippen LogP contribution in [0.3, 0.4) is 0 Å². The molecule has 1 amide bonds. The molecule has 3 unspecified atom stereocenters. The van der Waals surface area contributed by atoms with E-state index in [0.29, 0.717) is 12.8 Å². The molecule has 0 aromatic carbocycles. The molecule has 0 aromatic rings. The Morgan fingerprint density at radius 3 is 1.26 bits per heavy atom. The summed E-state index contributed by atoms with van der Waals surface area (Å²) in [6, 6.07) is -0.799. The van der Waals surface area contributed by atoms with Gasteiger partial charge in [-0.1, -0.05) is 162 Å². The van der Waals surface area contributed by atoms with Gasteiger partial charge in [0.05, 0.1) is 18.8 Å². The molecule has 4 N–H and O–H groups in total. The summed E-state index contributed by atoms with van der Waals surface area (Å²) < 4.78 is 0. The summed E-state index contributed by atoms with van der Waals surface area (Å²) in [5.41, 5.74) is 0. The first kappa shape index (κ1) is 37.4. The molecular weight excluding hydrogens is 474 g/mol. The second kappa shape index (κ2) is 29.3. The smallest absolute Gasteiger partial charge is 0.220 e. The van der Waals surface area contributed by atoms with E-state index >= 15 is 0 Å². The number of carbonyl (C=O) groups is 1. The highest BCUT2D eigenvalue weighted by Gasteiger charge is 2.26. The van der Waals surface area contributed by atoms with E-state index in [4.69, 9.17) is 0 Å². The number of carbonyl (C=O) groups excluding carboxylic acids is 1. The Kier molecular flexibility index (Phi) is 28.8. The monoisotopic (exact) mass is 542 g/mol. The predicted molar refractivity (Wildman–Crippen MR) is 162 cm³/mol. The summed E-state index contributed by atoms with van der Waals surface area (Å²) >= 11 is 0. The van der Waals surface area contributed by atoms with Gasteiger partial charge in [0.2, 0.25) is 5.91 Å². The van der Waals surface area contributed by atoms with Gasteiger partial charge in [-0.25, -0.2) is 0 Å². The van der Waals surface area contributed by atoms with Crippen molar-refractivity contribution in [3.8, 4) is 0 Å². The molecule has 38 heavy (non-hydrogen) atoms. The molecule has 0 saturated carbocycles. The standard InChI is InChI=1S/C33H67NO4/c1-3-5-7-9-11-13-14-15-16-17-18-20-22-24-26-28-32(37)34-30(29-35)33(38)31(36)27-25-23-21-19-12-10-8-6-4-2/h30-31,33,35-36,38H,3-29H2,1-2H3,(H,34,37). The minimum absolute atomic E-state index is 0.145. The second-order valence-corrected chi connectivity index (χ2v) is 11.7. The minimum Gasteiger partial charge on any atom is -0.394 e. The number of amides is 1. The van der Waals surface area contributed by atoms with E-state index < -0.39 is 18.2 Å². The Hall–Kier alpha value is -0.650. The average molecular weight is 542 g/mol. The number of nitrogens with one attached hydrogen (secondary N) is 1. The first-order chi connectivity index (χ1) is 18.6. The summed E-state index contributed by atoms with van der Waals surface area (Å²) in [5, 5.41) is 33.1. The highest BCUT2D eigenvalue weighted by atomic mass is 16.3. The molecule has 0 rings (SSSR count). The lowest BCUT2D eigenvalue weighted by atomic mass is 9.99. The Morgan fingerprint density at radius 1 is 0.553 bits per heavy atom. The number of hydrogen-bond donors (Lipinski definition) is 4. The Balaban J connectivity index is 3.67. The van der Waals surface area contributed by atoms with Crippen LogP contribution in [0.15, 0.2) is 0 Å². The second-order valence-electron chi connectivity index (χ2n) is 11.7. The maximum absolute atomic E-state index is 12.3. The van der Waals surface area contributed by atoms with Gasteiger partial charge >= 0.3 is 0 Å². The third kappa shape index (κ3) is 24.4. The molecule has 0 saturated heterocycles. The van der Waals surface area contributed by atoms with Gasteiger partial charge in [0, 0.05) is 6.42 Å². The van der Waals surface area contributed by atoms with Crippen molar-refractivity contribution in [3.63, 3.8) is 0 Å². The number of aliphatic hydroxyl groups excluding tert-OH is 3. The first-order valence-electron chi connectivity index (χ1n) is 16.8. The highest BCUT2D eigenvalue weighted by molar-refractivity contribution is 5.76. The van der Waals surface area contributed by atoms with Crippen LogP contribution in [-0.2, 0) is 4.79 Å². The van der Waals surface area contributed by atoms with E-state index in [9.17, 15) is 20.1 Å². The van der Waals surface area contributed by atoms with Crippen molar-refractivity contribution in [2.45, 2.75) is 199 Å². The minimum atomic E-state index is -1.13. The van der Waals surface area contributed by atoms with Crippen LogP contribution in [0.4, 0.5) is 0 Å². The normalized spacial score (nSPS) is 13.9. The van der Waals surface area contributed by atoms with Crippen LogP contribution in [0, 0.1) is 0 Å². The zero-order valence-electron chi connectivity index (χ0n) is 25.6. The number of rotatable bonds is 30. The molecule has 228 valence electrons. The fraction of sp³-hybridized carbons (Fsp3) is 0.970. The lowest BCUT2D eigenvalue weighted by molar-refractivity contribution is -0.124. The van der Waals surface area contributed by atoms with Crippen molar-refractivity contribution in [2.75, 3.05) is 6.61 Å². The van der Waals surface area contributed by atoms with E-state index in [0.717, 1.165) is 38.5 Å². The molecule has 0 aliphatic rings. The molecule has 3 atom stereocenters. The molecule has 0 heterocycles. The molecule has 0 aliphatic carbocycles. The van der Waals surface area contributed by atoms with Gasteiger partial charge in [0.15, 0.2) is 0 Å². The van der Waals surface area contributed by atoms with Crippen molar-refractivity contribution in [3.05, 3.63) is 0 Å². The fourth-order valence-electron chi connectivity index (χ4n) is 5.28. The maximum Gasteiger partial charge on any atom is 0.220 e. The number of hydrogen-bond acceptors (Lipinski definition) is 4. The summed E-state index contributed by atoms with van der Waals surface area (Å²) in [7, 11) is 0. The fourth-order valence-corrected chi connectivity index (χ4v) is 5.28.